The van der Waals surface area contributed by atoms with E-state index < -0.39 is 10.0 Å². The number of carbonyl (C=O) groups excluding carboxylic acids is 2. The maximum absolute atomic E-state index is 13.4. The monoisotopic (exact) mass is 438 g/mol. The molecule has 1 aliphatic rings. The second-order valence-corrected chi connectivity index (χ2v) is 10.2. The SMILES string of the molecule is CCN(CC(=O)NC(C)C)C(=O)c1cc(S(=O)(=O)N(C)C)ccc1N1CCCCC1. The van der Waals surface area contributed by atoms with E-state index in [1.54, 1.807) is 12.1 Å². The Kier molecular flexibility index (Phi) is 8.25. The fraction of sp³-hybridized carbons (Fsp3) is 0.619. The van der Waals surface area contributed by atoms with Gasteiger partial charge in [0.25, 0.3) is 5.91 Å². The van der Waals surface area contributed by atoms with Gasteiger partial charge in [0.1, 0.15) is 0 Å². The lowest BCUT2D eigenvalue weighted by molar-refractivity contribution is -0.122. The standard InChI is InChI=1S/C21H34N4O4S/c1-6-24(15-20(26)22-16(2)3)21(27)18-14-17(30(28,29)23(4)5)10-11-19(18)25-12-8-7-9-13-25/h10-11,14,16H,6-9,12-13,15H2,1-5H3,(H,22,26). The lowest BCUT2D eigenvalue weighted by Crippen LogP contribution is -2.43. The summed E-state index contributed by atoms with van der Waals surface area (Å²) >= 11 is 0. The van der Waals surface area contributed by atoms with Gasteiger partial charge in [0.15, 0.2) is 0 Å². The number of likely N-dealkylation sites (N-methyl/N-ethyl adjacent to an activating group) is 1. The minimum Gasteiger partial charge on any atom is -0.371 e. The van der Waals surface area contributed by atoms with Crippen LogP contribution in [0.25, 0.3) is 0 Å². The van der Waals surface area contributed by atoms with Gasteiger partial charge in [-0.2, -0.15) is 0 Å². The molecule has 0 aliphatic carbocycles. The molecule has 0 radical (unpaired) electrons. The number of hydrogen-bond acceptors (Lipinski definition) is 5. The number of carbonyl (C=O) groups is 2. The molecule has 0 bridgehead atoms. The van der Waals surface area contributed by atoms with Gasteiger partial charge in [-0.05, 0) is 58.2 Å². The molecule has 168 valence electrons. The van der Waals surface area contributed by atoms with Crippen LogP contribution >= 0.6 is 0 Å². The summed E-state index contributed by atoms with van der Waals surface area (Å²) in [5.41, 5.74) is 1.04. The molecule has 2 amide bonds. The zero-order valence-electron chi connectivity index (χ0n) is 18.6. The van der Waals surface area contributed by atoms with E-state index >= 15 is 0 Å². The first kappa shape index (κ1) is 24.1. The molecule has 0 unspecified atom stereocenters. The first-order valence-electron chi connectivity index (χ1n) is 10.5. The van der Waals surface area contributed by atoms with Crippen LogP contribution < -0.4 is 10.2 Å². The summed E-state index contributed by atoms with van der Waals surface area (Å²) in [7, 11) is -0.762. The second-order valence-electron chi connectivity index (χ2n) is 8.06. The quantitative estimate of drug-likeness (QED) is 0.670. The summed E-state index contributed by atoms with van der Waals surface area (Å²) in [6, 6.07) is 4.70. The van der Waals surface area contributed by atoms with Gasteiger partial charge in [0.05, 0.1) is 17.0 Å². The maximum Gasteiger partial charge on any atom is 0.256 e. The Morgan fingerprint density at radius 3 is 2.30 bits per heavy atom. The maximum atomic E-state index is 13.4. The topological polar surface area (TPSA) is 90.0 Å². The van der Waals surface area contributed by atoms with Gasteiger partial charge >= 0.3 is 0 Å². The van der Waals surface area contributed by atoms with Crippen LogP contribution in [-0.2, 0) is 14.8 Å². The predicted octanol–water partition coefficient (Wildman–Crippen LogP) is 1.91. The van der Waals surface area contributed by atoms with E-state index in [0.717, 1.165) is 42.3 Å². The molecule has 1 heterocycles. The number of rotatable bonds is 8. The van der Waals surface area contributed by atoms with Crippen LogP contribution in [0.15, 0.2) is 23.1 Å². The molecule has 0 spiro atoms. The first-order chi connectivity index (χ1) is 14.1. The van der Waals surface area contributed by atoms with Crippen LogP contribution in [0.1, 0.15) is 50.4 Å². The van der Waals surface area contributed by atoms with E-state index in [9.17, 15) is 18.0 Å². The van der Waals surface area contributed by atoms with Crippen LogP contribution in [0.5, 0.6) is 0 Å². The van der Waals surface area contributed by atoms with E-state index in [0.29, 0.717) is 12.1 Å². The lowest BCUT2D eigenvalue weighted by atomic mass is 10.1. The summed E-state index contributed by atoms with van der Waals surface area (Å²) in [4.78, 5) is 29.3. The van der Waals surface area contributed by atoms with Crippen LogP contribution in [-0.4, -0.2) is 75.8 Å². The molecular formula is C21H34N4O4S. The highest BCUT2D eigenvalue weighted by Gasteiger charge is 2.27. The van der Waals surface area contributed by atoms with Gasteiger partial charge in [-0.25, -0.2) is 12.7 Å². The fourth-order valence-electron chi connectivity index (χ4n) is 3.51. The number of benzene rings is 1. The van der Waals surface area contributed by atoms with Crippen molar-refractivity contribution in [1.82, 2.24) is 14.5 Å². The van der Waals surface area contributed by atoms with Crippen molar-refractivity contribution in [2.45, 2.75) is 51.0 Å². The lowest BCUT2D eigenvalue weighted by Gasteiger charge is -2.32. The summed E-state index contributed by atoms with van der Waals surface area (Å²) < 4.78 is 26.4. The van der Waals surface area contributed by atoms with Crippen LogP contribution in [0.2, 0.25) is 0 Å². The van der Waals surface area contributed by atoms with Crippen molar-refractivity contribution in [3.05, 3.63) is 23.8 Å². The van der Waals surface area contributed by atoms with E-state index in [-0.39, 0.29) is 29.3 Å². The van der Waals surface area contributed by atoms with E-state index in [4.69, 9.17) is 0 Å². The second kappa shape index (κ2) is 10.3. The minimum absolute atomic E-state index is 0.0243. The summed E-state index contributed by atoms with van der Waals surface area (Å²) in [5, 5.41) is 2.80. The summed E-state index contributed by atoms with van der Waals surface area (Å²) in [5.74, 6) is -0.579. The van der Waals surface area contributed by atoms with Crippen LogP contribution in [0, 0.1) is 0 Å². The highest BCUT2D eigenvalue weighted by Crippen LogP contribution is 2.29. The number of nitrogens with one attached hydrogen (secondary N) is 1. The first-order valence-corrected chi connectivity index (χ1v) is 11.9. The van der Waals surface area contributed by atoms with Crippen molar-refractivity contribution in [2.75, 3.05) is 45.2 Å². The summed E-state index contributed by atoms with van der Waals surface area (Å²) in [6.45, 7) is 7.44. The Morgan fingerprint density at radius 1 is 1.13 bits per heavy atom. The largest absolute Gasteiger partial charge is 0.371 e. The summed E-state index contributed by atoms with van der Waals surface area (Å²) in [6.07, 6.45) is 3.20. The van der Waals surface area contributed by atoms with Gasteiger partial charge in [0, 0.05) is 45.5 Å². The van der Waals surface area contributed by atoms with Crippen molar-refractivity contribution in [1.29, 1.82) is 0 Å². The molecule has 1 fully saturated rings. The average Bonchev–Trinajstić information content (AvgIpc) is 2.71. The predicted molar refractivity (Wildman–Crippen MR) is 118 cm³/mol. The van der Waals surface area contributed by atoms with Gasteiger partial charge < -0.3 is 15.1 Å². The fourth-order valence-corrected chi connectivity index (χ4v) is 4.44. The Morgan fingerprint density at radius 2 is 1.77 bits per heavy atom. The van der Waals surface area contributed by atoms with Crippen molar-refractivity contribution >= 4 is 27.5 Å². The molecule has 8 nitrogen and oxygen atoms in total. The third-order valence-electron chi connectivity index (χ3n) is 5.13. The Balaban J connectivity index is 2.46. The molecule has 1 aliphatic heterocycles. The zero-order chi connectivity index (χ0) is 22.5. The molecule has 0 atom stereocenters. The Labute approximate surface area is 180 Å². The Hall–Kier alpha value is -2.13. The van der Waals surface area contributed by atoms with Crippen LogP contribution in [0.3, 0.4) is 0 Å². The molecule has 1 aromatic carbocycles. The van der Waals surface area contributed by atoms with Crippen molar-refractivity contribution in [3.8, 4) is 0 Å². The zero-order valence-corrected chi connectivity index (χ0v) is 19.5. The molecule has 30 heavy (non-hydrogen) atoms. The smallest absolute Gasteiger partial charge is 0.256 e. The molecule has 1 N–H and O–H groups in total. The highest BCUT2D eigenvalue weighted by molar-refractivity contribution is 7.89. The van der Waals surface area contributed by atoms with Crippen molar-refractivity contribution in [3.63, 3.8) is 0 Å². The van der Waals surface area contributed by atoms with Crippen molar-refractivity contribution in [2.24, 2.45) is 0 Å². The number of amides is 2. The highest BCUT2D eigenvalue weighted by atomic mass is 32.2. The number of sulfonamides is 1. The van der Waals surface area contributed by atoms with Gasteiger partial charge in [-0.1, -0.05) is 0 Å². The average molecular weight is 439 g/mol. The van der Waals surface area contributed by atoms with E-state index in [1.165, 1.54) is 25.1 Å². The van der Waals surface area contributed by atoms with Gasteiger partial charge in [-0.15, -0.1) is 0 Å². The van der Waals surface area contributed by atoms with E-state index in [2.05, 4.69) is 10.2 Å². The normalized spacial score (nSPS) is 14.8. The third kappa shape index (κ3) is 5.72. The number of anilines is 1. The third-order valence-corrected chi connectivity index (χ3v) is 6.94. The molecule has 9 heteroatoms. The van der Waals surface area contributed by atoms with Crippen molar-refractivity contribution < 1.29 is 18.0 Å². The molecule has 0 aromatic heterocycles. The number of hydrogen-bond donors (Lipinski definition) is 1. The van der Waals surface area contributed by atoms with Gasteiger partial charge in [0.2, 0.25) is 15.9 Å². The molecule has 0 saturated carbocycles. The molecule has 2 rings (SSSR count). The Bertz CT molecular complexity index is 862. The molecular weight excluding hydrogens is 404 g/mol. The molecule has 1 aromatic rings. The molecule has 1 saturated heterocycles. The van der Waals surface area contributed by atoms with Crippen LogP contribution in [0.4, 0.5) is 5.69 Å². The number of nitrogens with zero attached hydrogens (tertiary/aromatic N) is 3. The minimum atomic E-state index is -3.69. The van der Waals surface area contributed by atoms with Gasteiger partial charge in [-0.3, -0.25) is 9.59 Å². The number of piperidine rings is 1. The van der Waals surface area contributed by atoms with E-state index in [1.807, 2.05) is 20.8 Å².